The Labute approximate surface area is 296 Å². The first-order chi connectivity index (χ1) is 21.5. The Morgan fingerprint density at radius 2 is 0.979 bits per heavy atom. The topological polar surface area (TPSA) is 45.2 Å². The van der Waals surface area contributed by atoms with Gasteiger partial charge in [0, 0.05) is 55.7 Å². The normalized spacial score (nSPS) is 12.8. The molecule has 3 aromatic carbocycles. The van der Waals surface area contributed by atoms with Gasteiger partial charge in [-0.1, -0.05) is 91.6 Å². The highest BCUT2D eigenvalue weighted by Gasteiger charge is 2.35. The fourth-order valence-corrected chi connectivity index (χ4v) is 8.80. The maximum Gasteiger partial charge on any atom is 0.131 e. The third kappa shape index (κ3) is 10.0. The van der Waals surface area contributed by atoms with Crippen LogP contribution < -0.4 is 25.4 Å². The summed E-state index contributed by atoms with van der Waals surface area (Å²) in [5.41, 5.74) is 3.16. The number of ether oxygens (including phenoxy) is 2. The maximum atomic E-state index is 12.3. The minimum atomic E-state index is -1.51. The van der Waals surface area contributed by atoms with Gasteiger partial charge in [0.05, 0.1) is 0 Å². The number of aromatic hydroxyl groups is 1. The minimum Gasteiger partial charge on any atom is -0.507 e. The molecule has 47 heavy (non-hydrogen) atoms. The van der Waals surface area contributed by atoms with E-state index in [4.69, 9.17) is 32.7 Å². The molecule has 0 fully saturated rings. The van der Waals surface area contributed by atoms with Gasteiger partial charge in [-0.05, 0) is 95.2 Å². The summed E-state index contributed by atoms with van der Waals surface area (Å²) in [6, 6.07) is 12.3. The molecule has 0 unspecified atom stereocenters. The van der Waals surface area contributed by atoms with E-state index in [1.54, 1.807) is 0 Å². The fraction of sp³-hybridized carbons (Fsp3) is 0.538. The van der Waals surface area contributed by atoms with E-state index < -0.39 is 7.92 Å². The molecule has 0 heterocycles. The molecule has 0 aliphatic carbocycles. The molecule has 1 N–H and O–H groups in total. The highest BCUT2D eigenvalue weighted by atomic mass is 35.5. The van der Waals surface area contributed by atoms with Crippen molar-refractivity contribution in [3.63, 3.8) is 0 Å². The van der Waals surface area contributed by atoms with Crippen molar-refractivity contribution >= 4 is 47.0 Å². The number of benzene rings is 3. The van der Waals surface area contributed by atoms with Gasteiger partial charge in [-0.2, -0.15) is 0 Å². The van der Waals surface area contributed by atoms with E-state index >= 15 is 0 Å². The number of phenols is 1. The molecule has 0 atom stereocenters. The Kier molecular flexibility index (Phi) is 12.8. The fourth-order valence-electron chi connectivity index (χ4n) is 5.46. The van der Waals surface area contributed by atoms with E-state index in [-0.39, 0.29) is 22.0 Å². The van der Waals surface area contributed by atoms with Crippen molar-refractivity contribution < 1.29 is 14.6 Å². The Balaban J connectivity index is 2.61. The number of phenolic OH excluding ortho intramolecular Hbond substituents is 1. The standard InChI is InChI=1S/C39H57Cl2N2O3P/c1-25-19-28(37(2,3)4)34(44)31(20-25)47(32-23-26(40)21-29(38(5,6)7)35(32)45-17-15-42(11)12)33-24-27(41)22-30(39(8,9)10)36(33)46-18-16-43(13)14/h19-24,44H,15-18H2,1-14H3. The quantitative estimate of drug-likeness (QED) is 0.203. The lowest BCUT2D eigenvalue weighted by Gasteiger charge is -2.33. The second-order valence-corrected chi connectivity index (χ2v) is 19.2. The van der Waals surface area contributed by atoms with Crippen molar-refractivity contribution in [2.24, 2.45) is 0 Å². The van der Waals surface area contributed by atoms with Crippen LogP contribution in [0.4, 0.5) is 0 Å². The maximum absolute atomic E-state index is 12.3. The molecule has 0 saturated carbocycles. The van der Waals surface area contributed by atoms with Crippen molar-refractivity contribution in [1.29, 1.82) is 0 Å². The Hall–Kier alpha value is -2.01. The van der Waals surface area contributed by atoms with Crippen LogP contribution in [0.15, 0.2) is 36.4 Å². The van der Waals surface area contributed by atoms with Crippen LogP contribution in [0.5, 0.6) is 17.2 Å². The van der Waals surface area contributed by atoms with E-state index in [0.29, 0.717) is 23.3 Å². The van der Waals surface area contributed by atoms with E-state index in [2.05, 4.69) is 91.2 Å². The largest absolute Gasteiger partial charge is 0.507 e. The highest BCUT2D eigenvalue weighted by Crippen LogP contribution is 2.49. The first-order valence-electron chi connectivity index (χ1n) is 16.4. The van der Waals surface area contributed by atoms with Gasteiger partial charge in [0.15, 0.2) is 0 Å². The number of nitrogens with zero attached hydrogens (tertiary/aromatic N) is 2. The third-order valence-corrected chi connectivity index (χ3v) is 10.9. The monoisotopic (exact) mass is 702 g/mol. The van der Waals surface area contributed by atoms with Gasteiger partial charge in [-0.25, -0.2) is 0 Å². The van der Waals surface area contributed by atoms with Gasteiger partial charge in [0.25, 0.3) is 0 Å². The van der Waals surface area contributed by atoms with Gasteiger partial charge in [0.1, 0.15) is 30.5 Å². The molecule has 3 aromatic rings. The van der Waals surface area contributed by atoms with Gasteiger partial charge < -0.3 is 24.4 Å². The van der Waals surface area contributed by atoms with E-state index in [9.17, 15) is 5.11 Å². The number of likely N-dealkylation sites (N-methyl/N-ethyl adjacent to an activating group) is 2. The molecule has 0 aliphatic rings. The first kappa shape index (κ1) is 39.4. The summed E-state index contributed by atoms with van der Waals surface area (Å²) in [5.74, 6) is 1.87. The van der Waals surface area contributed by atoms with E-state index in [0.717, 1.165) is 62.8 Å². The predicted octanol–water partition coefficient (Wildman–Crippen LogP) is 8.54. The molecular weight excluding hydrogens is 646 g/mol. The minimum absolute atomic E-state index is 0.269. The Morgan fingerprint density at radius 3 is 1.32 bits per heavy atom. The van der Waals surface area contributed by atoms with Gasteiger partial charge in [0.2, 0.25) is 0 Å². The molecule has 0 aliphatic heterocycles. The summed E-state index contributed by atoms with van der Waals surface area (Å²) < 4.78 is 13.6. The number of hydrogen-bond acceptors (Lipinski definition) is 5. The lowest BCUT2D eigenvalue weighted by Crippen LogP contribution is -2.31. The van der Waals surface area contributed by atoms with Crippen LogP contribution in [0.25, 0.3) is 0 Å². The van der Waals surface area contributed by atoms with Crippen LogP contribution in [-0.4, -0.2) is 69.4 Å². The van der Waals surface area contributed by atoms with E-state index in [1.807, 2.05) is 52.5 Å². The average molecular weight is 704 g/mol. The summed E-state index contributed by atoms with van der Waals surface area (Å²) in [5, 5.41) is 16.2. The molecular formula is C39H57Cl2N2O3P. The van der Waals surface area contributed by atoms with Crippen LogP contribution in [0, 0.1) is 6.92 Å². The van der Waals surface area contributed by atoms with Crippen LogP contribution in [0.3, 0.4) is 0 Å². The van der Waals surface area contributed by atoms with Crippen molar-refractivity contribution in [2.75, 3.05) is 54.5 Å². The van der Waals surface area contributed by atoms with Gasteiger partial charge >= 0.3 is 0 Å². The molecule has 260 valence electrons. The summed E-state index contributed by atoms with van der Waals surface area (Å²) in [6.07, 6.45) is 0. The first-order valence-corrected chi connectivity index (χ1v) is 18.5. The zero-order chi connectivity index (χ0) is 35.6. The van der Waals surface area contributed by atoms with Gasteiger partial charge in [-0.3, -0.25) is 0 Å². The van der Waals surface area contributed by atoms with Crippen LogP contribution in [0.1, 0.15) is 84.6 Å². The molecule has 0 aromatic heterocycles. The second-order valence-electron chi connectivity index (χ2n) is 16.2. The lowest BCUT2D eigenvalue weighted by atomic mass is 9.85. The summed E-state index contributed by atoms with van der Waals surface area (Å²) in [6.45, 7) is 24.0. The molecule has 3 rings (SSSR count). The zero-order valence-electron chi connectivity index (χ0n) is 31.2. The number of rotatable bonds is 11. The molecule has 0 saturated heterocycles. The summed E-state index contributed by atoms with van der Waals surface area (Å²) >= 11 is 14.0. The number of halogens is 2. The van der Waals surface area contributed by atoms with Crippen molar-refractivity contribution in [3.8, 4) is 17.2 Å². The Bertz CT molecular complexity index is 1470. The van der Waals surface area contributed by atoms with Crippen LogP contribution in [0.2, 0.25) is 10.0 Å². The van der Waals surface area contributed by atoms with Crippen molar-refractivity contribution in [2.45, 2.75) is 85.5 Å². The third-order valence-electron chi connectivity index (χ3n) is 8.02. The molecule has 0 amide bonds. The summed E-state index contributed by atoms with van der Waals surface area (Å²) in [4.78, 5) is 4.22. The smallest absolute Gasteiger partial charge is 0.131 e. The summed E-state index contributed by atoms with van der Waals surface area (Å²) in [7, 11) is 6.66. The molecule has 0 bridgehead atoms. The highest BCUT2D eigenvalue weighted by molar-refractivity contribution is 7.80. The SMILES string of the molecule is Cc1cc(P(c2cc(Cl)cc(C(C)(C)C)c2OCCN(C)C)c2cc(Cl)cc(C(C)(C)C)c2OCCN(C)C)c(O)c(C(C)(C)C)c1. The van der Waals surface area contributed by atoms with Crippen molar-refractivity contribution in [1.82, 2.24) is 9.80 Å². The lowest BCUT2D eigenvalue weighted by molar-refractivity contribution is 0.258. The van der Waals surface area contributed by atoms with Crippen LogP contribution >= 0.6 is 31.1 Å². The number of aryl methyl sites for hydroxylation is 1. The van der Waals surface area contributed by atoms with Crippen molar-refractivity contribution in [3.05, 3.63) is 68.7 Å². The van der Waals surface area contributed by atoms with Crippen LogP contribution in [-0.2, 0) is 16.2 Å². The molecule has 5 nitrogen and oxygen atoms in total. The van der Waals surface area contributed by atoms with Gasteiger partial charge in [-0.15, -0.1) is 0 Å². The molecule has 0 radical (unpaired) electrons. The Morgan fingerprint density at radius 1 is 0.596 bits per heavy atom. The molecule has 0 spiro atoms. The predicted molar refractivity (Wildman–Crippen MR) is 206 cm³/mol. The molecule has 8 heteroatoms. The zero-order valence-corrected chi connectivity index (χ0v) is 33.6. The second kappa shape index (κ2) is 15.3. The van der Waals surface area contributed by atoms with E-state index in [1.165, 1.54) is 0 Å². The number of hydrogen-bond donors (Lipinski definition) is 1. The average Bonchev–Trinajstić information content (AvgIpc) is 2.90.